The summed E-state index contributed by atoms with van der Waals surface area (Å²) in [6, 6.07) is 12.2. The monoisotopic (exact) mass is 359 g/mol. The van der Waals surface area contributed by atoms with Crippen LogP contribution in [0.2, 0.25) is 0 Å². The molecule has 0 bridgehead atoms. The van der Waals surface area contributed by atoms with Gasteiger partial charge in [-0.3, -0.25) is 0 Å². The third-order valence-corrected chi connectivity index (χ3v) is 4.65. The van der Waals surface area contributed by atoms with Crippen molar-refractivity contribution in [1.82, 2.24) is 10.6 Å². The standard InChI is InChI=1S/C20H23F2N3O/c21-16-3-1-14(2-4-16)11-15-9-10-23-19(12-15)13-24-20(26)25-18-7-5-17(22)6-8-18/h1-8,15,19,23H,9-13H2,(H2,24,25,26)/t15-,19-/m0/s1. The van der Waals surface area contributed by atoms with Gasteiger partial charge < -0.3 is 16.0 Å². The largest absolute Gasteiger partial charge is 0.336 e. The first-order valence-electron chi connectivity index (χ1n) is 8.87. The Hall–Kier alpha value is -2.47. The summed E-state index contributed by atoms with van der Waals surface area (Å²) in [5, 5.41) is 8.96. The van der Waals surface area contributed by atoms with Crippen LogP contribution in [-0.2, 0) is 6.42 Å². The smallest absolute Gasteiger partial charge is 0.319 e. The molecule has 3 N–H and O–H groups in total. The molecule has 6 heteroatoms. The molecule has 2 aromatic rings. The molecule has 0 unspecified atom stereocenters. The number of hydrogen-bond acceptors (Lipinski definition) is 2. The van der Waals surface area contributed by atoms with Crippen molar-refractivity contribution >= 4 is 11.7 Å². The van der Waals surface area contributed by atoms with Crippen LogP contribution in [0.3, 0.4) is 0 Å². The van der Waals surface area contributed by atoms with Crippen LogP contribution in [0.1, 0.15) is 18.4 Å². The maximum Gasteiger partial charge on any atom is 0.319 e. The number of carbonyl (C=O) groups excluding carboxylic acids is 1. The van der Waals surface area contributed by atoms with E-state index >= 15 is 0 Å². The summed E-state index contributed by atoms with van der Waals surface area (Å²) in [5.74, 6) is -0.0449. The molecule has 1 heterocycles. The molecule has 1 aliphatic rings. The number of halogens is 2. The Morgan fingerprint density at radius 2 is 1.69 bits per heavy atom. The van der Waals surface area contributed by atoms with Gasteiger partial charge in [-0.2, -0.15) is 0 Å². The molecule has 0 spiro atoms. The molecule has 1 aliphatic heterocycles. The third kappa shape index (κ3) is 5.52. The van der Waals surface area contributed by atoms with Gasteiger partial charge >= 0.3 is 6.03 Å². The molecule has 2 aromatic carbocycles. The number of nitrogens with one attached hydrogen (secondary N) is 3. The predicted molar refractivity (Wildman–Crippen MR) is 98.0 cm³/mol. The minimum atomic E-state index is -0.338. The van der Waals surface area contributed by atoms with Crippen molar-refractivity contribution in [2.24, 2.45) is 5.92 Å². The summed E-state index contributed by atoms with van der Waals surface area (Å²) in [6.07, 6.45) is 2.93. The maximum atomic E-state index is 13.0. The van der Waals surface area contributed by atoms with Crippen molar-refractivity contribution in [1.29, 1.82) is 0 Å². The van der Waals surface area contributed by atoms with Gasteiger partial charge in [0.25, 0.3) is 0 Å². The average molecular weight is 359 g/mol. The van der Waals surface area contributed by atoms with Gasteiger partial charge in [0.15, 0.2) is 0 Å². The van der Waals surface area contributed by atoms with E-state index in [-0.39, 0.29) is 23.7 Å². The van der Waals surface area contributed by atoms with Gasteiger partial charge in [-0.15, -0.1) is 0 Å². The highest BCUT2D eigenvalue weighted by atomic mass is 19.1. The molecule has 1 saturated heterocycles. The van der Waals surface area contributed by atoms with Crippen LogP contribution in [0, 0.1) is 17.6 Å². The third-order valence-electron chi connectivity index (χ3n) is 4.65. The molecule has 2 atom stereocenters. The van der Waals surface area contributed by atoms with Gasteiger partial charge in [0.1, 0.15) is 11.6 Å². The first-order chi connectivity index (χ1) is 12.6. The molecular weight excluding hydrogens is 336 g/mol. The molecule has 3 rings (SSSR count). The average Bonchev–Trinajstić information content (AvgIpc) is 2.64. The van der Waals surface area contributed by atoms with E-state index in [4.69, 9.17) is 0 Å². The van der Waals surface area contributed by atoms with Gasteiger partial charge in [-0.05, 0) is 73.7 Å². The molecule has 138 valence electrons. The molecular formula is C20H23F2N3O. The van der Waals surface area contributed by atoms with Gasteiger partial charge in [-0.1, -0.05) is 12.1 Å². The number of carbonyl (C=O) groups is 1. The van der Waals surface area contributed by atoms with E-state index in [0.717, 1.165) is 31.4 Å². The van der Waals surface area contributed by atoms with Gasteiger partial charge in [0, 0.05) is 18.3 Å². The fraction of sp³-hybridized carbons (Fsp3) is 0.350. The van der Waals surface area contributed by atoms with Crippen LogP contribution in [0.15, 0.2) is 48.5 Å². The Kier molecular flexibility index (Phi) is 6.17. The highest BCUT2D eigenvalue weighted by Crippen LogP contribution is 2.21. The summed E-state index contributed by atoms with van der Waals surface area (Å²) in [4.78, 5) is 12.0. The van der Waals surface area contributed by atoms with E-state index in [1.165, 1.54) is 36.4 Å². The summed E-state index contributed by atoms with van der Waals surface area (Å²) in [6.45, 7) is 1.42. The second-order valence-corrected chi connectivity index (χ2v) is 6.71. The second kappa shape index (κ2) is 8.76. The molecule has 2 amide bonds. The lowest BCUT2D eigenvalue weighted by atomic mass is 9.87. The number of piperidine rings is 1. The SMILES string of the molecule is O=C(NC[C@@H]1C[C@H](Cc2ccc(F)cc2)CCN1)Nc1ccc(F)cc1. The Labute approximate surface area is 152 Å². The van der Waals surface area contributed by atoms with Crippen molar-refractivity contribution in [2.75, 3.05) is 18.4 Å². The highest BCUT2D eigenvalue weighted by Gasteiger charge is 2.22. The molecule has 26 heavy (non-hydrogen) atoms. The molecule has 0 radical (unpaired) electrons. The number of hydrogen-bond donors (Lipinski definition) is 3. The number of urea groups is 1. The van der Waals surface area contributed by atoms with E-state index in [1.54, 1.807) is 0 Å². The Bertz CT molecular complexity index is 719. The summed E-state index contributed by atoms with van der Waals surface area (Å²) < 4.78 is 25.9. The van der Waals surface area contributed by atoms with Crippen molar-refractivity contribution in [2.45, 2.75) is 25.3 Å². The Morgan fingerprint density at radius 3 is 2.38 bits per heavy atom. The predicted octanol–water partition coefficient (Wildman–Crippen LogP) is 3.70. The zero-order valence-corrected chi connectivity index (χ0v) is 14.5. The Balaban J connectivity index is 1.43. The van der Waals surface area contributed by atoms with Crippen LogP contribution >= 0.6 is 0 Å². The van der Waals surface area contributed by atoms with Crippen molar-refractivity contribution in [3.05, 3.63) is 65.7 Å². The zero-order valence-electron chi connectivity index (χ0n) is 14.5. The summed E-state index contributed by atoms with van der Waals surface area (Å²) in [5.41, 5.74) is 1.69. The first-order valence-corrected chi connectivity index (χ1v) is 8.87. The van der Waals surface area contributed by atoms with Gasteiger partial charge in [0.05, 0.1) is 0 Å². The van der Waals surface area contributed by atoms with Crippen molar-refractivity contribution < 1.29 is 13.6 Å². The molecule has 0 aliphatic carbocycles. The zero-order chi connectivity index (χ0) is 18.4. The van der Waals surface area contributed by atoms with Gasteiger partial charge in [-0.25, -0.2) is 13.6 Å². The van der Waals surface area contributed by atoms with Crippen LogP contribution in [-0.4, -0.2) is 25.2 Å². The van der Waals surface area contributed by atoms with E-state index < -0.39 is 0 Å². The fourth-order valence-corrected chi connectivity index (χ4v) is 3.31. The lowest BCUT2D eigenvalue weighted by Crippen LogP contribution is -2.47. The number of rotatable bonds is 5. The molecule has 0 aromatic heterocycles. The number of anilines is 1. The molecule has 1 fully saturated rings. The topological polar surface area (TPSA) is 53.2 Å². The van der Waals surface area contributed by atoms with E-state index in [2.05, 4.69) is 16.0 Å². The Morgan fingerprint density at radius 1 is 1.04 bits per heavy atom. The lowest BCUT2D eigenvalue weighted by molar-refractivity contribution is 0.246. The first kappa shape index (κ1) is 18.3. The van der Waals surface area contributed by atoms with E-state index in [0.29, 0.717) is 18.2 Å². The number of amides is 2. The van der Waals surface area contributed by atoms with Crippen LogP contribution in [0.25, 0.3) is 0 Å². The van der Waals surface area contributed by atoms with Gasteiger partial charge in [0.2, 0.25) is 0 Å². The summed E-state index contributed by atoms with van der Waals surface area (Å²) >= 11 is 0. The van der Waals surface area contributed by atoms with E-state index in [9.17, 15) is 13.6 Å². The molecule has 4 nitrogen and oxygen atoms in total. The second-order valence-electron chi connectivity index (χ2n) is 6.71. The minimum Gasteiger partial charge on any atom is -0.336 e. The maximum absolute atomic E-state index is 13.0. The lowest BCUT2D eigenvalue weighted by Gasteiger charge is -2.30. The minimum absolute atomic E-state index is 0.202. The normalized spacial score (nSPS) is 19.8. The van der Waals surface area contributed by atoms with Crippen LogP contribution < -0.4 is 16.0 Å². The van der Waals surface area contributed by atoms with E-state index in [1.807, 2.05) is 12.1 Å². The molecule has 0 saturated carbocycles. The van der Waals surface area contributed by atoms with Crippen molar-refractivity contribution in [3.63, 3.8) is 0 Å². The quantitative estimate of drug-likeness (QED) is 0.762. The number of benzene rings is 2. The fourth-order valence-electron chi connectivity index (χ4n) is 3.31. The van der Waals surface area contributed by atoms with Crippen LogP contribution in [0.4, 0.5) is 19.3 Å². The van der Waals surface area contributed by atoms with Crippen molar-refractivity contribution in [3.8, 4) is 0 Å². The highest BCUT2D eigenvalue weighted by molar-refractivity contribution is 5.89. The van der Waals surface area contributed by atoms with Crippen LogP contribution in [0.5, 0.6) is 0 Å². The summed E-state index contributed by atoms with van der Waals surface area (Å²) in [7, 11) is 0.